The van der Waals surface area contributed by atoms with E-state index in [-0.39, 0.29) is 5.41 Å². The predicted octanol–water partition coefficient (Wildman–Crippen LogP) is 3.65. The molecule has 1 atom stereocenters. The van der Waals surface area contributed by atoms with E-state index in [2.05, 4.69) is 52.0 Å². The number of alkyl halides is 3. The minimum atomic E-state index is -5.08. The Balaban J connectivity index is 0.000000360. The summed E-state index contributed by atoms with van der Waals surface area (Å²) in [6.45, 7) is 6.41. The van der Waals surface area contributed by atoms with Crippen molar-refractivity contribution in [2.75, 3.05) is 19.6 Å². The zero-order valence-electron chi connectivity index (χ0n) is 17.8. The highest BCUT2D eigenvalue weighted by atomic mass is 19.4. The molecule has 9 heteroatoms. The Hall–Kier alpha value is -2.94. The zero-order valence-corrected chi connectivity index (χ0v) is 17.8. The van der Waals surface area contributed by atoms with Gasteiger partial charge in [0.2, 0.25) is 5.91 Å². The average molecular weight is 449 g/mol. The van der Waals surface area contributed by atoms with Crippen LogP contribution in [0.15, 0.2) is 48.7 Å². The summed E-state index contributed by atoms with van der Waals surface area (Å²) in [5.41, 5.74) is 3.40. The van der Waals surface area contributed by atoms with Crippen LogP contribution in [0, 0.1) is 12.3 Å². The van der Waals surface area contributed by atoms with Crippen LogP contribution in [0.2, 0.25) is 0 Å². The lowest BCUT2D eigenvalue weighted by molar-refractivity contribution is -0.192. The van der Waals surface area contributed by atoms with Gasteiger partial charge in [0.25, 0.3) is 0 Å². The van der Waals surface area contributed by atoms with Gasteiger partial charge in [-0.25, -0.2) is 4.79 Å². The van der Waals surface area contributed by atoms with E-state index in [1.807, 2.05) is 18.3 Å². The fourth-order valence-corrected chi connectivity index (χ4v) is 4.27. The Kier molecular flexibility index (Phi) is 7.18. The number of aryl methyl sites for hydroxylation is 1. The summed E-state index contributed by atoms with van der Waals surface area (Å²) in [6.07, 6.45) is -1.29. The maximum Gasteiger partial charge on any atom is 0.490 e. The molecular formula is C23H26F3N3O3. The number of carbonyl (C=O) groups excluding carboxylic acids is 1. The molecule has 2 aliphatic heterocycles. The summed E-state index contributed by atoms with van der Waals surface area (Å²) in [5, 5.41) is 7.12. The number of halogens is 3. The Labute approximate surface area is 184 Å². The fraction of sp³-hybridized carbons (Fsp3) is 0.435. The van der Waals surface area contributed by atoms with Gasteiger partial charge in [0.05, 0.1) is 11.1 Å². The first-order valence-electron chi connectivity index (χ1n) is 10.4. The normalized spacial score (nSPS) is 21.0. The maximum atomic E-state index is 13.1. The number of carbonyl (C=O) groups is 2. The quantitative estimate of drug-likeness (QED) is 0.772. The van der Waals surface area contributed by atoms with Gasteiger partial charge in [-0.15, -0.1) is 0 Å². The van der Waals surface area contributed by atoms with E-state index in [0.717, 1.165) is 51.3 Å². The first-order valence-corrected chi connectivity index (χ1v) is 10.4. The van der Waals surface area contributed by atoms with Crippen molar-refractivity contribution in [3.8, 4) is 0 Å². The lowest BCUT2D eigenvalue weighted by Crippen LogP contribution is -2.36. The van der Waals surface area contributed by atoms with Crippen LogP contribution < -0.4 is 0 Å². The smallest absolute Gasteiger partial charge is 0.475 e. The number of pyridine rings is 1. The number of nitrogens with zero attached hydrogens (tertiary/aromatic N) is 3. The Morgan fingerprint density at radius 3 is 2.47 bits per heavy atom. The standard InChI is InChI=1S/C21H25N3O.C2HF3O2/c1-17-5-4-6-18(13-17)14-24-12-9-21(20(24)25)8-11-23(16-21)15-19-7-2-3-10-22-19;3-2(4,5)1(6)7/h2-7,10,13H,8-9,11-12,14-16H2,1H3;(H,6,7). The van der Waals surface area contributed by atoms with E-state index >= 15 is 0 Å². The van der Waals surface area contributed by atoms with Gasteiger partial charge < -0.3 is 10.0 Å². The summed E-state index contributed by atoms with van der Waals surface area (Å²) in [4.78, 5) is 30.9. The summed E-state index contributed by atoms with van der Waals surface area (Å²) in [6, 6.07) is 14.5. The van der Waals surface area contributed by atoms with Crippen LogP contribution in [0.4, 0.5) is 13.2 Å². The zero-order chi connectivity index (χ0) is 23.4. The highest BCUT2D eigenvalue weighted by Gasteiger charge is 2.50. The molecule has 32 heavy (non-hydrogen) atoms. The van der Waals surface area contributed by atoms with Gasteiger partial charge in [-0.2, -0.15) is 13.2 Å². The molecule has 1 aromatic heterocycles. The van der Waals surface area contributed by atoms with Gasteiger partial charge in [-0.05, 0) is 44.0 Å². The molecule has 6 nitrogen and oxygen atoms in total. The monoisotopic (exact) mass is 449 g/mol. The lowest BCUT2D eigenvalue weighted by Gasteiger charge is -2.24. The average Bonchev–Trinajstić information content (AvgIpc) is 3.27. The van der Waals surface area contributed by atoms with Crippen molar-refractivity contribution in [2.45, 2.75) is 39.0 Å². The van der Waals surface area contributed by atoms with Crippen LogP contribution in [0.3, 0.4) is 0 Å². The van der Waals surface area contributed by atoms with Crippen LogP contribution in [0.5, 0.6) is 0 Å². The third kappa shape index (κ3) is 5.85. The molecule has 1 amide bonds. The largest absolute Gasteiger partial charge is 0.490 e. The maximum absolute atomic E-state index is 13.1. The van der Waals surface area contributed by atoms with Crippen molar-refractivity contribution in [2.24, 2.45) is 5.41 Å². The van der Waals surface area contributed by atoms with Gasteiger partial charge in [-0.3, -0.25) is 14.7 Å². The summed E-state index contributed by atoms with van der Waals surface area (Å²) < 4.78 is 31.7. The van der Waals surface area contributed by atoms with Crippen LogP contribution in [0.25, 0.3) is 0 Å². The van der Waals surface area contributed by atoms with E-state index in [9.17, 15) is 18.0 Å². The predicted molar refractivity (Wildman–Crippen MR) is 111 cm³/mol. The second-order valence-electron chi connectivity index (χ2n) is 8.33. The second kappa shape index (κ2) is 9.68. The molecule has 2 aliphatic rings. The molecule has 1 spiro atoms. The second-order valence-corrected chi connectivity index (χ2v) is 8.33. The molecule has 1 N–H and O–H groups in total. The number of likely N-dealkylation sites (tertiary alicyclic amines) is 2. The third-order valence-corrected chi connectivity index (χ3v) is 5.84. The van der Waals surface area contributed by atoms with E-state index in [4.69, 9.17) is 9.90 Å². The molecule has 1 aromatic carbocycles. The number of aromatic nitrogens is 1. The van der Waals surface area contributed by atoms with E-state index < -0.39 is 12.1 Å². The van der Waals surface area contributed by atoms with Gasteiger partial charge in [-0.1, -0.05) is 35.9 Å². The number of carboxylic acid groups (broad SMARTS) is 1. The molecule has 0 aliphatic carbocycles. The molecule has 2 aromatic rings. The molecule has 1 unspecified atom stereocenters. The number of amides is 1. The van der Waals surface area contributed by atoms with Gasteiger partial charge in [0, 0.05) is 32.4 Å². The van der Waals surface area contributed by atoms with Crippen molar-refractivity contribution >= 4 is 11.9 Å². The Bertz CT molecular complexity index is 952. The third-order valence-electron chi connectivity index (χ3n) is 5.84. The van der Waals surface area contributed by atoms with Crippen molar-refractivity contribution in [3.05, 3.63) is 65.5 Å². The number of rotatable bonds is 4. The van der Waals surface area contributed by atoms with Crippen molar-refractivity contribution < 1.29 is 27.9 Å². The van der Waals surface area contributed by atoms with Gasteiger partial charge >= 0.3 is 12.1 Å². The number of carboxylic acids is 1. The summed E-state index contributed by atoms with van der Waals surface area (Å²) in [5.74, 6) is -2.41. The fourth-order valence-electron chi connectivity index (χ4n) is 4.27. The molecule has 2 saturated heterocycles. The molecule has 0 bridgehead atoms. The van der Waals surface area contributed by atoms with E-state index in [1.54, 1.807) is 0 Å². The molecule has 3 heterocycles. The van der Waals surface area contributed by atoms with Crippen molar-refractivity contribution in [3.63, 3.8) is 0 Å². The Morgan fingerprint density at radius 1 is 1.12 bits per heavy atom. The molecule has 4 rings (SSSR count). The van der Waals surface area contributed by atoms with Gasteiger partial charge in [0.1, 0.15) is 0 Å². The van der Waals surface area contributed by atoms with Crippen LogP contribution in [0.1, 0.15) is 29.7 Å². The van der Waals surface area contributed by atoms with E-state index in [0.29, 0.717) is 5.91 Å². The molecular weight excluding hydrogens is 423 g/mol. The highest BCUT2D eigenvalue weighted by Crippen LogP contribution is 2.41. The van der Waals surface area contributed by atoms with Crippen LogP contribution >= 0.6 is 0 Å². The van der Waals surface area contributed by atoms with Crippen LogP contribution in [-0.2, 0) is 22.7 Å². The summed E-state index contributed by atoms with van der Waals surface area (Å²) in [7, 11) is 0. The molecule has 0 saturated carbocycles. The SMILES string of the molecule is Cc1cccc(CN2CCC3(CCN(Cc4ccccn4)C3)C2=O)c1.O=C(O)C(F)(F)F. The molecule has 172 valence electrons. The lowest BCUT2D eigenvalue weighted by atomic mass is 9.85. The van der Waals surface area contributed by atoms with Crippen molar-refractivity contribution in [1.82, 2.24) is 14.8 Å². The number of hydrogen-bond acceptors (Lipinski definition) is 4. The van der Waals surface area contributed by atoms with Crippen LogP contribution in [-0.4, -0.2) is 57.6 Å². The summed E-state index contributed by atoms with van der Waals surface area (Å²) >= 11 is 0. The van der Waals surface area contributed by atoms with E-state index in [1.165, 1.54) is 11.1 Å². The molecule has 2 fully saturated rings. The molecule has 0 radical (unpaired) electrons. The minimum absolute atomic E-state index is 0.168. The minimum Gasteiger partial charge on any atom is -0.475 e. The first kappa shape index (κ1) is 23.7. The number of hydrogen-bond donors (Lipinski definition) is 1. The highest BCUT2D eigenvalue weighted by molar-refractivity contribution is 5.85. The van der Waals surface area contributed by atoms with Gasteiger partial charge in [0.15, 0.2) is 0 Å². The Morgan fingerprint density at radius 2 is 1.84 bits per heavy atom. The first-order chi connectivity index (χ1) is 15.1. The number of aliphatic carboxylic acids is 1. The number of benzene rings is 1. The van der Waals surface area contributed by atoms with Crippen molar-refractivity contribution in [1.29, 1.82) is 0 Å². The topological polar surface area (TPSA) is 73.7 Å².